The predicted octanol–water partition coefficient (Wildman–Crippen LogP) is 2.84. The Balaban J connectivity index is 1.68. The van der Waals surface area contributed by atoms with E-state index in [1.54, 1.807) is 30.6 Å². The van der Waals surface area contributed by atoms with Crippen molar-refractivity contribution in [1.29, 1.82) is 0 Å². The van der Waals surface area contributed by atoms with Crippen molar-refractivity contribution in [2.45, 2.75) is 26.2 Å². The first-order valence-electron chi connectivity index (χ1n) is 8.46. The largest absolute Gasteiger partial charge is 0.421 e. The topological polar surface area (TPSA) is 97.0 Å². The summed E-state index contributed by atoms with van der Waals surface area (Å²) in [5.74, 6) is 0.0971. The van der Waals surface area contributed by atoms with Crippen molar-refractivity contribution in [3.63, 3.8) is 0 Å². The number of carbonyl (C=O) groups excluding carboxylic acids is 2. The molecule has 0 unspecified atom stereocenters. The highest BCUT2D eigenvalue weighted by Crippen LogP contribution is 2.32. The maximum Gasteiger partial charge on any atom is 0.343 e. The van der Waals surface area contributed by atoms with Gasteiger partial charge in [0.1, 0.15) is 0 Å². The highest BCUT2D eigenvalue weighted by molar-refractivity contribution is 5.95. The molecule has 0 bridgehead atoms. The molecule has 0 aliphatic carbocycles. The molecule has 4 rings (SSSR count). The molecule has 1 aliphatic rings. The second kappa shape index (κ2) is 6.25. The van der Waals surface area contributed by atoms with Crippen molar-refractivity contribution in [3.8, 4) is 5.75 Å². The first-order valence-corrected chi connectivity index (χ1v) is 8.46. The van der Waals surface area contributed by atoms with Gasteiger partial charge >= 0.3 is 5.97 Å². The van der Waals surface area contributed by atoms with Crippen LogP contribution in [-0.2, 0) is 11.2 Å². The molecule has 1 aromatic carbocycles. The van der Waals surface area contributed by atoms with Crippen molar-refractivity contribution in [1.82, 2.24) is 15.0 Å². The Bertz CT molecular complexity index is 1020. The summed E-state index contributed by atoms with van der Waals surface area (Å²) < 4.78 is 5.65. The number of rotatable bonds is 3. The summed E-state index contributed by atoms with van der Waals surface area (Å²) in [5.41, 5.74) is 4.08. The Hall–Kier alpha value is -3.22. The number of imidazole rings is 1. The summed E-state index contributed by atoms with van der Waals surface area (Å²) in [7, 11) is 0. The number of aromatic amines is 1. The van der Waals surface area contributed by atoms with Gasteiger partial charge < -0.3 is 15.0 Å². The van der Waals surface area contributed by atoms with Gasteiger partial charge in [-0.3, -0.25) is 9.78 Å². The number of carbonyl (C=O) groups is 2. The molecule has 0 radical (unpaired) electrons. The van der Waals surface area contributed by atoms with Crippen molar-refractivity contribution in [3.05, 3.63) is 47.5 Å². The van der Waals surface area contributed by atoms with E-state index in [2.05, 4.69) is 20.3 Å². The van der Waals surface area contributed by atoms with E-state index in [1.165, 1.54) is 0 Å². The summed E-state index contributed by atoms with van der Waals surface area (Å²) in [4.78, 5) is 36.0. The van der Waals surface area contributed by atoms with Crippen molar-refractivity contribution >= 4 is 28.5 Å². The lowest BCUT2D eigenvalue weighted by atomic mass is 10.0. The zero-order valence-electron chi connectivity index (χ0n) is 14.5. The number of H-pyrrole nitrogens is 1. The lowest BCUT2D eigenvalue weighted by Crippen LogP contribution is -2.24. The number of esters is 1. The summed E-state index contributed by atoms with van der Waals surface area (Å²) >= 11 is 0. The van der Waals surface area contributed by atoms with Crippen LogP contribution in [0, 0.1) is 0 Å². The second-order valence-electron chi connectivity index (χ2n) is 6.61. The van der Waals surface area contributed by atoms with Gasteiger partial charge in [-0.2, -0.15) is 0 Å². The van der Waals surface area contributed by atoms with Crippen LogP contribution >= 0.6 is 0 Å². The van der Waals surface area contributed by atoms with Crippen molar-refractivity contribution in [2.24, 2.45) is 0 Å². The fraction of sp³-hybridized carbons (Fsp3) is 0.263. The molecule has 0 fully saturated rings. The normalized spacial score (nSPS) is 13.6. The van der Waals surface area contributed by atoms with Crippen molar-refractivity contribution < 1.29 is 14.3 Å². The number of nitrogens with zero attached hydrogens (tertiary/aromatic N) is 2. The molecule has 0 saturated carbocycles. The van der Waals surface area contributed by atoms with E-state index < -0.39 is 5.97 Å². The molecular weight excluding hydrogens is 332 g/mol. The van der Waals surface area contributed by atoms with Gasteiger partial charge in [0, 0.05) is 6.07 Å². The summed E-state index contributed by atoms with van der Waals surface area (Å²) in [6.07, 6.45) is 1.88. The third-order valence-corrected chi connectivity index (χ3v) is 4.34. The predicted molar refractivity (Wildman–Crippen MR) is 96.6 cm³/mol. The molecule has 3 aromatic rings. The number of Topliss-reactive ketones (excluding diaryl/α,β-unsaturated/α-hetero) is 1. The molecule has 0 amide bonds. The average Bonchev–Trinajstić information content (AvgIpc) is 3.08. The minimum Gasteiger partial charge on any atom is -0.421 e. The fourth-order valence-electron chi connectivity index (χ4n) is 3.00. The van der Waals surface area contributed by atoms with E-state index in [4.69, 9.17) is 4.74 Å². The molecule has 26 heavy (non-hydrogen) atoms. The van der Waals surface area contributed by atoms with Crippen LogP contribution in [0.3, 0.4) is 0 Å². The molecule has 2 aromatic heterocycles. The molecule has 132 valence electrons. The van der Waals surface area contributed by atoms with Crippen LogP contribution in [0.25, 0.3) is 11.0 Å². The number of fused-ring (bicyclic) bond motifs is 2. The summed E-state index contributed by atoms with van der Waals surface area (Å²) in [6.45, 7) is 4.21. The molecule has 3 heterocycles. The number of pyridine rings is 1. The van der Waals surface area contributed by atoms with Crippen LogP contribution < -0.4 is 10.1 Å². The SMILES string of the molecule is CC(C)c1nc2c(cc1OC(=O)c1ccc3nc[nH]c3c1)NCC(=O)C2. The molecule has 2 N–H and O–H groups in total. The van der Waals surface area contributed by atoms with Crippen LogP contribution in [-0.4, -0.2) is 33.2 Å². The summed E-state index contributed by atoms with van der Waals surface area (Å²) in [5, 5.41) is 3.04. The molecular formula is C19H18N4O3. The fourth-order valence-corrected chi connectivity index (χ4v) is 3.00. The third kappa shape index (κ3) is 2.92. The Morgan fingerprint density at radius 1 is 1.27 bits per heavy atom. The van der Waals surface area contributed by atoms with Crippen LogP contribution in [0.2, 0.25) is 0 Å². The minimum atomic E-state index is -0.461. The number of ether oxygens (including phenoxy) is 1. The van der Waals surface area contributed by atoms with E-state index in [0.717, 1.165) is 16.7 Å². The molecule has 0 spiro atoms. The quantitative estimate of drug-likeness (QED) is 0.705. The molecule has 7 heteroatoms. The van der Waals surface area contributed by atoms with Gasteiger partial charge in [0.2, 0.25) is 0 Å². The van der Waals surface area contributed by atoms with Gasteiger partial charge in [-0.25, -0.2) is 9.78 Å². The maximum atomic E-state index is 12.6. The van der Waals surface area contributed by atoms with Gasteiger partial charge in [-0.1, -0.05) is 13.8 Å². The standard InChI is InChI=1S/C19H18N4O3/c1-10(2)18-17(7-15-16(23-18)6-12(24)8-20-15)26-19(25)11-3-4-13-14(5-11)22-9-21-13/h3-5,7,9-10,20H,6,8H2,1-2H3,(H,21,22). The van der Waals surface area contributed by atoms with Crippen LogP contribution in [0.5, 0.6) is 5.75 Å². The monoisotopic (exact) mass is 350 g/mol. The van der Waals surface area contributed by atoms with E-state index in [-0.39, 0.29) is 18.2 Å². The van der Waals surface area contributed by atoms with E-state index in [0.29, 0.717) is 29.1 Å². The zero-order chi connectivity index (χ0) is 18.3. The number of nitrogens with one attached hydrogen (secondary N) is 2. The number of hydrogen-bond donors (Lipinski definition) is 2. The molecule has 1 aliphatic heterocycles. The number of benzene rings is 1. The van der Waals surface area contributed by atoms with Gasteiger partial charge in [0.25, 0.3) is 0 Å². The highest BCUT2D eigenvalue weighted by Gasteiger charge is 2.23. The van der Waals surface area contributed by atoms with Crippen molar-refractivity contribution in [2.75, 3.05) is 11.9 Å². The highest BCUT2D eigenvalue weighted by atomic mass is 16.5. The second-order valence-corrected chi connectivity index (χ2v) is 6.61. The van der Waals surface area contributed by atoms with Gasteiger partial charge in [-0.15, -0.1) is 0 Å². The lowest BCUT2D eigenvalue weighted by Gasteiger charge is -2.20. The number of hydrogen-bond acceptors (Lipinski definition) is 6. The van der Waals surface area contributed by atoms with Crippen LogP contribution in [0.15, 0.2) is 30.6 Å². The number of aromatic nitrogens is 3. The Morgan fingerprint density at radius 3 is 2.92 bits per heavy atom. The van der Waals surface area contributed by atoms with Crippen LogP contribution in [0.4, 0.5) is 5.69 Å². The minimum absolute atomic E-state index is 0.0511. The van der Waals surface area contributed by atoms with E-state index in [1.807, 2.05) is 13.8 Å². The smallest absolute Gasteiger partial charge is 0.343 e. The lowest BCUT2D eigenvalue weighted by molar-refractivity contribution is -0.117. The molecule has 0 saturated heterocycles. The zero-order valence-corrected chi connectivity index (χ0v) is 14.5. The first kappa shape index (κ1) is 16.3. The molecule has 0 atom stereocenters. The Labute approximate surface area is 149 Å². The van der Waals surface area contributed by atoms with Gasteiger partial charge in [0.05, 0.1) is 53.0 Å². The number of ketones is 1. The van der Waals surface area contributed by atoms with Gasteiger partial charge in [-0.05, 0) is 24.1 Å². The first-order chi connectivity index (χ1) is 12.5. The van der Waals surface area contributed by atoms with Gasteiger partial charge in [0.15, 0.2) is 11.5 Å². The van der Waals surface area contributed by atoms with E-state index >= 15 is 0 Å². The Morgan fingerprint density at radius 2 is 2.12 bits per heavy atom. The van der Waals surface area contributed by atoms with E-state index in [9.17, 15) is 9.59 Å². The summed E-state index contributed by atoms with van der Waals surface area (Å²) in [6, 6.07) is 6.92. The average molecular weight is 350 g/mol. The number of anilines is 1. The van der Waals surface area contributed by atoms with Crippen LogP contribution in [0.1, 0.15) is 41.5 Å². The maximum absolute atomic E-state index is 12.6. The third-order valence-electron chi connectivity index (χ3n) is 4.34. The Kier molecular flexibility index (Phi) is 3.91. The molecule has 7 nitrogen and oxygen atoms in total.